The minimum Gasteiger partial charge on any atom is -0.378 e. The van der Waals surface area contributed by atoms with Crippen LogP contribution < -0.4 is 10.6 Å². The SMILES string of the molecule is O=C(CC(Nc1ccc([N+](=O)[O-])cc1)c1ccccc1)Nc1ccc(F)cc1. The molecule has 0 bridgehead atoms. The number of nitro benzene ring substituents is 1. The number of hydrogen-bond acceptors (Lipinski definition) is 4. The fourth-order valence-corrected chi connectivity index (χ4v) is 2.75. The third-order valence-electron chi connectivity index (χ3n) is 4.14. The van der Waals surface area contributed by atoms with E-state index in [-0.39, 0.29) is 29.9 Å². The van der Waals surface area contributed by atoms with Crippen molar-refractivity contribution in [1.82, 2.24) is 0 Å². The molecular weight excluding hydrogens is 361 g/mol. The molecule has 0 fully saturated rings. The minimum atomic E-state index is -0.464. The number of halogens is 1. The lowest BCUT2D eigenvalue weighted by molar-refractivity contribution is -0.384. The van der Waals surface area contributed by atoms with Gasteiger partial charge in [0, 0.05) is 23.5 Å². The van der Waals surface area contributed by atoms with Crippen LogP contribution in [0.25, 0.3) is 0 Å². The van der Waals surface area contributed by atoms with E-state index in [1.165, 1.54) is 36.4 Å². The number of anilines is 2. The lowest BCUT2D eigenvalue weighted by Gasteiger charge is -2.20. The van der Waals surface area contributed by atoms with E-state index in [9.17, 15) is 19.3 Å². The molecular formula is C21H18FN3O3. The standard InChI is InChI=1S/C21H18FN3O3/c22-16-6-8-18(9-7-16)24-21(26)14-20(15-4-2-1-3-5-15)23-17-10-12-19(13-11-17)25(27)28/h1-13,20,23H,14H2,(H,24,26). The van der Waals surface area contributed by atoms with E-state index in [0.29, 0.717) is 11.4 Å². The predicted octanol–water partition coefficient (Wildman–Crippen LogP) is 4.92. The first-order chi connectivity index (χ1) is 13.5. The fourth-order valence-electron chi connectivity index (χ4n) is 2.75. The van der Waals surface area contributed by atoms with Crippen LogP contribution in [0, 0.1) is 15.9 Å². The highest BCUT2D eigenvalue weighted by Gasteiger charge is 2.17. The van der Waals surface area contributed by atoms with Crippen molar-refractivity contribution in [2.45, 2.75) is 12.5 Å². The van der Waals surface area contributed by atoms with E-state index in [4.69, 9.17) is 0 Å². The number of benzene rings is 3. The number of non-ortho nitro benzene ring substituents is 1. The number of rotatable bonds is 7. The van der Waals surface area contributed by atoms with Crippen LogP contribution in [0.5, 0.6) is 0 Å². The van der Waals surface area contributed by atoms with Gasteiger partial charge >= 0.3 is 0 Å². The summed E-state index contributed by atoms with van der Waals surface area (Å²) >= 11 is 0. The molecule has 1 unspecified atom stereocenters. The van der Waals surface area contributed by atoms with E-state index in [2.05, 4.69) is 10.6 Å². The topological polar surface area (TPSA) is 84.3 Å². The molecule has 0 radical (unpaired) electrons. The molecule has 0 saturated carbocycles. The van der Waals surface area contributed by atoms with E-state index >= 15 is 0 Å². The maximum Gasteiger partial charge on any atom is 0.269 e. The van der Waals surface area contributed by atoms with E-state index < -0.39 is 4.92 Å². The van der Waals surface area contributed by atoms with Crippen LogP contribution in [0.3, 0.4) is 0 Å². The highest BCUT2D eigenvalue weighted by Crippen LogP contribution is 2.25. The second kappa shape index (κ2) is 8.77. The third-order valence-corrected chi connectivity index (χ3v) is 4.14. The fraction of sp³-hybridized carbons (Fsp3) is 0.0952. The van der Waals surface area contributed by atoms with Crippen LogP contribution in [0.2, 0.25) is 0 Å². The largest absolute Gasteiger partial charge is 0.378 e. The Bertz CT molecular complexity index is 945. The van der Waals surface area contributed by atoms with Crippen LogP contribution in [0.4, 0.5) is 21.5 Å². The van der Waals surface area contributed by atoms with E-state index in [1.54, 1.807) is 12.1 Å². The number of nitrogens with one attached hydrogen (secondary N) is 2. The summed E-state index contributed by atoms with van der Waals surface area (Å²) in [5.41, 5.74) is 2.06. The predicted molar refractivity (Wildman–Crippen MR) is 106 cm³/mol. The second-order valence-corrected chi connectivity index (χ2v) is 6.17. The normalized spacial score (nSPS) is 11.5. The molecule has 142 valence electrons. The van der Waals surface area contributed by atoms with Gasteiger partial charge in [-0.15, -0.1) is 0 Å². The molecule has 3 aromatic rings. The van der Waals surface area contributed by atoms with Crippen LogP contribution in [0.1, 0.15) is 18.0 Å². The number of amides is 1. The Kier molecular flexibility index (Phi) is 5.96. The van der Waals surface area contributed by atoms with Crippen LogP contribution in [0.15, 0.2) is 78.9 Å². The lowest BCUT2D eigenvalue weighted by atomic mass is 10.0. The monoisotopic (exact) mass is 379 g/mol. The number of hydrogen-bond donors (Lipinski definition) is 2. The lowest BCUT2D eigenvalue weighted by Crippen LogP contribution is -2.20. The van der Waals surface area contributed by atoms with Crippen molar-refractivity contribution in [2.24, 2.45) is 0 Å². The van der Waals surface area contributed by atoms with Gasteiger partial charge in [0.2, 0.25) is 5.91 Å². The summed E-state index contributed by atoms with van der Waals surface area (Å²) < 4.78 is 13.0. The molecule has 28 heavy (non-hydrogen) atoms. The summed E-state index contributed by atoms with van der Waals surface area (Å²) in [4.78, 5) is 22.8. The summed E-state index contributed by atoms with van der Waals surface area (Å²) in [5.74, 6) is -0.616. The minimum absolute atomic E-state index is 0.00383. The van der Waals surface area contributed by atoms with Gasteiger partial charge in [-0.2, -0.15) is 0 Å². The molecule has 0 saturated heterocycles. The molecule has 6 nitrogen and oxygen atoms in total. The Labute approximate surface area is 161 Å². The molecule has 2 N–H and O–H groups in total. The molecule has 0 aromatic heterocycles. The highest BCUT2D eigenvalue weighted by atomic mass is 19.1. The van der Waals surface area contributed by atoms with Crippen molar-refractivity contribution in [1.29, 1.82) is 0 Å². The molecule has 3 rings (SSSR count). The summed E-state index contributed by atoms with van der Waals surface area (Å²) in [6, 6.07) is 20.6. The molecule has 0 spiro atoms. The molecule has 1 amide bonds. The van der Waals surface area contributed by atoms with Crippen molar-refractivity contribution in [3.05, 3.63) is 100 Å². The van der Waals surface area contributed by atoms with Gasteiger partial charge < -0.3 is 10.6 Å². The van der Waals surface area contributed by atoms with Crippen LogP contribution >= 0.6 is 0 Å². The quantitative estimate of drug-likeness (QED) is 0.451. The molecule has 7 heteroatoms. The van der Waals surface area contributed by atoms with Gasteiger partial charge in [-0.1, -0.05) is 30.3 Å². The van der Waals surface area contributed by atoms with E-state index in [0.717, 1.165) is 5.56 Å². The van der Waals surface area contributed by atoms with Crippen molar-refractivity contribution < 1.29 is 14.1 Å². The van der Waals surface area contributed by atoms with Crippen molar-refractivity contribution >= 4 is 23.0 Å². The van der Waals surface area contributed by atoms with Gasteiger partial charge in [0.15, 0.2) is 0 Å². The van der Waals surface area contributed by atoms with Crippen molar-refractivity contribution in [3.63, 3.8) is 0 Å². The van der Waals surface area contributed by atoms with Gasteiger partial charge in [-0.25, -0.2) is 4.39 Å². The first kappa shape index (κ1) is 19.0. The van der Waals surface area contributed by atoms with Gasteiger partial charge in [-0.3, -0.25) is 14.9 Å². The summed E-state index contributed by atoms with van der Waals surface area (Å²) in [6.45, 7) is 0. The number of carbonyl (C=O) groups excluding carboxylic acids is 1. The van der Waals surface area contributed by atoms with Crippen LogP contribution in [-0.4, -0.2) is 10.8 Å². The second-order valence-electron chi connectivity index (χ2n) is 6.17. The van der Waals surface area contributed by atoms with Crippen molar-refractivity contribution in [3.8, 4) is 0 Å². The summed E-state index contributed by atoms with van der Waals surface area (Å²) in [5, 5.41) is 16.8. The maximum absolute atomic E-state index is 13.0. The average molecular weight is 379 g/mol. The molecule has 0 aliphatic rings. The van der Waals surface area contributed by atoms with E-state index in [1.807, 2.05) is 30.3 Å². The first-order valence-corrected chi connectivity index (χ1v) is 8.62. The number of nitro groups is 1. The zero-order valence-corrected chi connectivity index (χ0v) is 14.8. The van der Waals surface area contributed by atoms with Gasteiger partial charge in [-0.05, 0) is 42.0 Å². The molecule has 3 aromatic carbocycles. The Balaban J connectivity index is 1.74. The zero-order chi connectivity index (χ0) is 19.9. The smallest absolute Gasteiger partial charge is 0.269 e. The zero-order valence-electron chi connectivity index (χ0n) is 14.8. The van der Waals surface area contributed by atoms with Gasteiger partial charge in [0.25, 0.3) is 5.69 Å². The molecule has 0 heterocycles. The van der Waals surface area contributed by atoms with Gasteiger partial charge in [0.1, 0.15) is 5.82 Å². The maximum atomic E-state index is 13.0. The Hall–Kier alpha value is -3.74. The average Bonchev–Trinajstić information content (AvgIpc) is 2.70. The first-order valence-electron chi connectivity index (χ1n) is 8.62. The third kappa shape index (κ3) is 5.14. The molecule has 1 atom stereocenters. The Morgan fingerprint density at radius 2 is 1.54 bits per heavy atom. The molecule has 0 aliphatic carbocycles. The highest BCUT2D eigenvalue weighted by molar-refractivity contribution is 5.91. The molecule has 0 aliphatic heterocycles. The number of carbonyl (C=O) groups is 1. The Morgan fingerprint density at radius 1 is 0.929 bits per heavy atom. The van der Waals surface area contributed by atoms with Crippen LogP contribution in [-0.2, 0) is 4.79 Å². The number of nitrogens with zero attached hydrogens (tertiary/aromatic N) is 1. The Morgan fingerprint density at radius 3 is 2.14 bits per heavy atom. The van der Waals surface area contributed by atoms with Crippen molar-refractivity contribution in [2.75, 3.05) is 10.6 Å². The summed E-state index contributed by atoms with van der Waals surface area (Å²) in [7, 11) is 0. The van der Waals surface area contributed by atoms with Gasteiger partial charge in [0.05, 0.1) is 17.4 Å². The summed E-state index contributed by atoms with van der Waals surface area (Å²) in [6.07, 6.45) is 0.123.